The predicted molar refractivity (Wildman–Crippen MR) is 73.1 cm³/mol. The molecular formula is C15H22N2O2. The summed E-state index contributed by atoms with van der Waals surface area (Å²) in [4.78, 5) is 26.0. The minimum Gasteiger partial charge on any atom is -0.342 e. The van der Waals surface area contributed by atoms with Gasteiger partial charge in [-0.15, -0.1) is 6.42 Å². The van der Waals surface area contributed by atoms with Crippen molar-refractivity contribution >= 4 is 11.8 Å². The molecule has 4 nitrogen and oxygen atoms in total. The predicted octanol–water partition coefficient (Wildman–Crippen LogP) is 1.31. The van der Waals surface area contributed by atoms with E-state index in [2.05, 4.69) is 11.2 Å². The highest BCUT2D eigenvalue weighted by atomic mass is 16.2. The monoisotopic (exact) mass is 262 g/mol. The summed E-state index contributed by atoms with van der Waals surface area (Å²) in [6, 6.07) is -0.617. The third-order valence-corrected chi connectivity index (χ3v) is 4.26. The summed E-state index contributed by atoms with van der Waals surface area (Å²) in [5.74, 6) is 2.83. The van der Waals surface area contributed by atoms with E-state index in [-0.39, 0.29) is 36.4 Å². The quantitative estimate of drug-likeness (QED) is 0.780. The van der Waals surface area contributed by atoms with E-state index < -0.39 is 0 Å². The van der Waals surface area contributed by atoms with Crippen LogP contribution in [0.15, 0.2) is 0 Å². The summed E-state index contributed by atoms with van der Waals surface area (Å²) in [6.45, 7) is 2.05. The van der Waals surface area contributed by atoms with Crippen molar-refractivity contribution in [1.82, 2.24) is 10.2 Å². The topological polar surface area (TPSA) is 49.4 Å². The van der Waals surface area contributed by atoms with Crippen LogP contribution >= 0.6 is 0 Å². The van der Waals surface area contributed by atoms with Crippen molar-refractivity contribution in [1.29, 1.82) is 0 Å². The molecule has 0 bridgehead atoms. The molecule has 1 heterocycles. The van der Waals surface area contributed by atoms with Gasteiger partial charge in [-0.1, -0.05) is 32.1 Å². The van der Waals surface area contributed by atoms with Crippen molar-refractivity contribution in [2.45, 2.75) is 57.5 Å². The van der Waals surface area contributed by atoms with Crippen LogP contribution in [-0.4, -0.2) is 35.3 Å². The minimum atomic E-state index is -0.357. The highest BCUT2D eigenvalue weighted by Gasteiger charge is 2.39. The number of hydrogen-bond donors (Lipinski definition) is 1. The molecule has 4 heteroatoms. The molecule has 1 N–H and O–H groups in total. The number of rotatable bonds is 3. The average molecular weight is 262 g/mol. The fourth-order valence-electron chi connectivity index (χ4n) is 3.17. The van der Waals surface area contributed by atoms with Gasteiger partial charge in [0.15, 0.2) is 0 Å². The Bertz CT molecular complexity index is 393. The van der Waals surface area contributed by atoms with Crippen LogP contribution in [0.5, 0.6) is 0 Å². The van der Waals surface area contributed by atoms with Gasteiger partial charge in [0.2, 0.25) is 11.8 Å². The van der Waals surface area contributed by atoms with E-state index in [0.717, 1.165) is 25.7 Å². The maximum Gasteiger partial charge on any atom is 0.246 e. The van der Waals surface area contributed by atoms with Crippen molar-refractivity contribution in [2.24, 2.45) is 5.92 Å². The lowest BCUT2D eigenvalue weighted by Gasteiger charge is -2.39. The van der Waals surface area contributed by atoms with Gasteiger partial charge in [0, 0.05) is 0 Å². The van der Waals surface area contributed by atoms with Gasteiger partial charge in [-0.05, 0) is 25.2 Å². The molecule has 2 aliphatic rings. The van der Waals surface area contributed by atoms with Crippen molar-refractivity contribution in [3.63, 3.8) is 0 Å². The molecule has 0 radical (unpaired) electrons. The third-order valence-electron chi connectivity index (χ3n) is 4.26. The van der Waals surface area contributed by atoms with E-state index in [1.165, 1.54) is 6.42 Å². The average Bonchev–Trinajstić information content (AvgIpc) is 2.44. The van der Waals surface area contributed by atoms with Crippen LogP contribution in [0, 0.1) is 18.3 Å². The second-order valence-corrected chi connectivity index (χ2v) is 5.50. The lowest BCUT2D eigenvalue weighted by Crippen LogP contribution is -2.62. The molecule has 1 aliphatic carbocycles. The van der Waals surface area contributed by atoms with Crippen LogP contribution in [0.1, 0.15) is 45.4 Å². The lowest BCUT2D eigenvalue weighted by molar-refractivity contribution is -0.147. The fraction of sp³-hybridized carbons (Fsp3) is 0.733. The van der Waals surface area contributed by atoms with Gasteiger partial charge >= 0.3 is 0 Å². The van der Waals surface area contributed by atoms with Crippen LogP contribution < -0.4 is 5.32 Å². The molecule has 2 rings (SSSR count). The van der Waals surface area contributed by atoms with Crippen LogP contribution in [-0.2, 0) is 9.59 Å². The van der Waals surface area contributed by atoms with Gasteiger partial charge < -0.3 is 10.2 Å². The van der Waals surface area contributed by atoms with Gasteiger partial charge in [-0.25, -0.2) is 0 Å². The van der Waals surface area contributed by atoms with Gasteiger partial charge in [-0.3, -0.25) is 9.59 Å². The van der Waals surface area contributed by atoms with Crippen molar-refractivity contribution < 1.29 is 9.59 Å². The molecule has 2 atom stereocenters. The second-order valence-electron chi connectivity index (χ2n) is 5.50. The third kappa shape index (κ3) is 2.91. The van der Waals surface area contributed by atoms with E-state index in [1.54, 1.807) is 4.90 Å². The van der Waals surface area contributed by atoms with Crippen LogP contribution in [0.2, 0.25) is 0 Å². The Hall–Kier alpha value is -1.50. The zero-order chi connectivity index (χ0) is 13.8. The number of nitrogens with one attached hydrogen (secondary N) is 1. The summed E-state index contributed by atoms with van der Waals surface area (Å²) < 4.78 is 0. The highest BCUT2D eigenvalue weighted by molar-refractivity contribution is 5.95. The SMILES string of the molecule is C#CC(CC)N1CC(=O)NC(C2CCCCC2)C1=O. The molecule has 0 aromatic heterocycles. The number of piperazine rings is 1. The molecule has 1 aliphatic heterocycles. The van der Waals surface area contributed by atoms with Gasteiger partial charge in [0.05, 0.1) is 6.04 Å². The minimum absolute atomic E-state index is 0.0105. The first-order chi connectivity index (χ1) is 9.17. The summed E-state index contributed by atoms with van der Waals surface area (Å²) in [5.41, 5.74) is 0. The van der Waals surface area contributed by atoms with Gasteiger partial charge in [0.1, 0.15) is 12.6 Å². The van der Waals surface area contributed by atoms with E-state index in [0.29, 0.717) is 6.42 Å². The number of carbonyl (C=O) groups excluding carboxylic acids is 2. The van der Waals surface area contributed by atoms with Crippen molar-refractivity contribution in [2.75, 3.05) is 6.54 Å². The van der Waals surface area contributed by atoms with E-state index in [4.69, 9.17) is 6.42 Å². The summed E-state index contributed by atoms with van der Waals surface area (Å²) >= 11 is 0. The highest BCUT2D eigenvalue weighted by Crippen LogP contribution is 2.28. The Labute approximate surface area is 114 Å². The maximum atomic E-state index is 12.5. The number of carbonyl (C=O) groups is 2. The first-order valence-electron chi connectivity index (χ1n) is 7.23. The summed E-state index contributed by atoms with van der Waals surface area (Å²) in [6.07, 6.45) is 11.7. The molecule has 2 amide bonds. The van der Waals surface area contributed by atoms with Crippen molar-refractivity contribution in [3.05, 3.63) is 0 Å². The van der Waals surface area contributed by atoms with Crippen LogP contribution in [0.3, 0.4) is 0 Å². The van der Waals surface area contributed by atoms with Gasteiger partial charge in [-0.2, -0.15) is 0 Å². The van der Waals surface area contributed by atoms with E-state index in [9.17, 15) is 9.59 Å². The van der Waals surface area contributed by atoms with E-state index >= 15 is 0 Å². The molecule has 1 saturated heterocycles. The maximum absolute atomic E-state index is 12.5. The van der Waals surface area contributed by atoms with Gasteiger partial charge in [0.25, 0.3) is 0 Å². The second kappa shape index (κ2) is 6.10. The molecular weight excluding hydrogens is 240 g/mol. The summed E-state index contributed by atoms with van der Waals surface area (Å²) in [7, 11) is 0. The van der Waals surface area contributed by atoms with Crippen LogP contribution in [0.4, 0.5) is 0 Å². The Morgan fingerprint density at radius 3 is 2.63 bits per heavy atom. The molecule has 0 aromatic rings. The molecule has 0 spiro atoms. The molecule has 104 valence electrons. The van der Waals surface area contributed by atoms with Crippen molar-refractivity contribution in [3.8, 4) is 12.3 Å². The first-order valence-corrected chi connectivity index (χ1v) is 7.23. The zero-order valence-electron chi connectivity index (χ0n) is 11.5. The van der Waals surface area contributed by atoms with E-state index in [1.807, 2.05) is 6.92 Å². The fourth-order valence-corrected chi connectivity index (χ4v) is 3.17. The Morgan fingerprint density at radius 2 is 2.05 bits per heavy atom. The Kier molecular flexibility index (Phi) is 4.47. The largest absolute Gasteiger partial charge is 0.342 e. The first kappa shape index (κ1) is 13.9. The molecule has 2 fully saturated rings. The number of amides is 2. The molecule has 2 unspecified atom stereocenters. The standard InChI is InChI=1S/C15H22N2O2/c1-3-12(4-2)17-10-13(18)16-14(15(17)19)11-8-6-5-7-9-11/h1,11-12,14H,4-10H2,2H3,(H,16,18). The zero-order valence-corrected chi connectivity index (χ0v) is 11.5. The molecule has 1 saturated carbocycles. The molecule has 0 aromatic carbocycles. The van der Waals surface area contributed by atoms with Crippen LogP contribution in [0.25, 0.3) is 0 Å². The number of hydrogen-bond acceptors (Lipinski definition) is 2. The number of terminal acetylenes is 1. The Balaban J connectivity index is 2.13. The lowest BCUT2D eigenvalue weighted by atomic mass is 9.82. The Morgan fingerprint density at radius 1 is 1.37 bits per heavy atom. The number of nitrogens with zero attached hydrogens (tertiary/aromatic N) is 1. The molecule has 19 heavy (non-hydrogen) atoms. The normalized spacial score (nSPS) is 26.7. The summed E-state index contributed by atoms with van der Waals surface area (Å²) in [5, 5.41) is 2.87. The smallest absolute Gasteiger partial charge is 0.246 e.